The second-order valence-corrected chi connectivity index (χ2v) is 7.23. The molecule has 0 aromatic heterocycles. The van der Waals surface area contributed by atoms with E-state index in [1.54, 1.807) is 0 Å². The molecular weight excluding hydrogens is 436 g/mol. The summed E-state index contributed by atoms with van der Waals surface area (Å²) in [6, 6.07) is 10.3. The van der Waals surface area contributed by atoms with Gasteiger partial charge >= 0.3 is 0 Å². The molecule has 0 spiro atoms. The largest absolute Gasteiger partial charge is 0.399 e. The van der Waals surface area contributed by atoms with Crippen molar-refractivity contribution in [2.24, 2.45) is 0 Å². The van der Waals surface area contributed by atoms with Gasteiger partial charge in [-0.15, -0.1) is 0 Å². The van der Waals surface area contributed by atoms with Gasteiger partial charge < -0.3 is 10.6 Å². The molecule has 1 heterocycles. The first-order valence-corrected chi connectivity index (χ1v) is 8.19. The van der Waals surface area contributed by atoms with Crippen molar-refractivity contribution < 1.29 is 0 Å². The summed E-state index contributed by atoms with van der Waals surface area (Å²) in [6.07, 6.45) is 0. The first-order valence-electron chi connectivity index (χ1n) is 5.81. The van der Waals surface area contributed by atoms with Crippen LogP contribution in [0, 0.1) is 0 Å². The molecule has 3 rings (SSSR count). The van der Waals surface area contributed by atoms with Crippen LogP contribution in [0.1, 0.15) is 11.1 Å². The summed E-state index contributed by atoms with van der Waals surface area (Å²) in [4.78, 5) is 2.34. The average molecular weight is 447 g/mol. The Morgan fingerprint density at radius 2 is 1.53 bits per heavy atom. The Morgan fingerprint density at radius 3 is 2.21 bits per heavy atom. The molecule has 0 unspecified atom stereocenters. The highest BCUT2D eigenvalue weighted by Crippen LogP contribution is 2.40. The highest BCUT2D eigenvalue weighted by molar-refractivity contribution is 9.11. The van der Waals surface area contributed by atoms with Gasteiger partial charge in [0.2, 0.25) is 0 Å². The van der Waals surface area contributed by atoms with E-state index in [-0.39, 0.29) is 0 Å². The quantitative estimate of drug-likeness (QED) is 0.619. The Balaban J connectivity index is 1.99. The summed E-state index contributed by atoms with van der Waals surface area (Å²) >= 11 is 10.8. The van der Waals surface area contributed by atoms with Gasteiger partial charge in [-0.25, -0.2) is 0 Å². The zero-order valence-corrected chi connectivity index (χ0v) is 14.7. The third kappa shape index (κ3) is 2.56. The number of hydrogen-bond acceptors (Lipinski definition) is 2. The first kappa shape index (κ1) is 13.5. The normalized spacial score (nSPS) is 13.7. The van der Waals surface area contributed by atoms with Gasteiger partial charge in [0.05, 0.1) is 5.69 Å². The SMILES string of the molecule is Nc1ccc2c(c1)CN(c1c(Br)cc(Br)cc1Br)C2. The van der Waals surface area contributed by atoms with E-state index in [0.29, 0.717) is 0 Å². The third-order valence-electron chi connectivity index (χ3n) is 3.25. The molecular formula is C14H11Br3N2. The Labute approximate surface area is 137 Å². The molecule has 2 aromatic rings. The molecule has 1 aliphatic heterocycles. The molecule has 2 N–H and O–H groups in total. The zero-order chi connectivity index (χ0) is 13.6. The lowest BCUT2D eigenvalue weighted by molar-refractivity contribution is 0.874. The second kappa shape index (κ2) is 5.11. The fourth-order valence-corrected chi connectivity index (χ4v) is 5.17. The number of anilines is 2. The minimum Gasteiger partial charge on any atom is -0.399 e. The summed E-state index contributed by atoms with van der Waals surface area (Å²) in [7, 11) is 0. The number of nitrogens with two attached hydrogens (primary N) is 1. The predicted octanol–water partition coefficient (Wildman–Crippen LogP) is 5.08. The van der Waals surface area contributed by atoms with Crippen LogP contribution in [-0.4, -0.2) is 0 Å². The number of benzene rings is 2. The van der Waals surface area contributed by atoms with E-state index < -0.39 is 0 Å². The fraction of sp³-hybridized carbons (Fsp3) is 0.143. The van der Waals surface area contributed by atoms with Crippen LogP contribution in [0.15, 0.2) is 43.7 Å². The Kier molecular flexibility index (Phi) is 3.62. The lowest BCUT2D eigenvalue weighted by Crippen LogP contribution is -2.15. The van der Waals surface area contributed by atoms with Gasteiger partial charge in [-0.2, -0.15) is 0 Å². The van der Waals surface area contributed by atoms with E-state index in [2.05, 4.69) is 77.0 Å². The van der Waals surface area contributed by atoms with Crippen LogP contribution in [-0.2, 0) is 13.1 Å². The zero-order valence-electron chi connectivity index (χ0n) is 9.96. The van der Waals surface area contributed by atoms with Crippen LogP contribution < -0.4 is 10.6 Å². The average Bonchev–Trinajstić information content (AvgIpc) is 2.69. The van der Waals surface area contributed by atoms with Crippen molar-refractivity contribution in [3.05, 3.63) is 54.9 Å². The molecule has 0 amide bonds. The maximum Gasteiger partial charge on any atom is 0.0661 e. The van der Waals surface area contributed by atoms with Gasteiger partial charge in [0.1, 0.15) is 0 Å². The summed E-state index contributed by atoms with van der Waals surface area (Å²) in [5, 5.41) is 0. The van der Waals surface area contributed by atoms with Crippen LogP contribution in [0.4, 0.5) is 11.4 Å². The molecule has 0 atom stereocenters. The van der Waals surface area contributed by atoms with E-state index in [9.17, 15) is 0 Å². The van der Waals surface area contributed by atoms with Gasteiger partial charge in [0, 0.05) is 32.2 Å². The van der Waals surface area contributed by atoms with Gasteiger partial charge in [-0.1, -0.05) is 22.0 Å². The molecule has 0 saturated heterocycles. The van der Waals surface area contributed by atoms with Crippen LogP contribution in [0.25, 0.3) is 0 Å². The highest BCUT2D eigenvalue weighted by Gasteiger charge is 2.23. The lowest BCUT2D eigenvalue weighted by Gasteiger charge is -2.21. The van der Waals surface area contributed by atoms with Crippen molar-refractivity contribution in [1.29, 1.82) is 0 Å². The highest BCUT2D eigenvalue weighted by atomic mass is 79.9. The monoisotopic (exact) mass is 444 g/mol. The molecule has 0 bridgehead atoms. The van der Waals surface area contributed by atoms with Gasteiger partial charge in [-0.05, 0) is 67.3 Å². The standard InChI is InChI=1S/C14H11Br3N2/c15-10-4-12(16)14(13(17)5-10)19-6-8-1-2-11(18)3-9(8)7-19/h1-5H,6-7,18H2. The molecule has 5 heteroatoms. The number of halogens is 3. The van der Waals surface area contributed by atoms with Crippen molar-refractivity contribution in [1.82, 2.24) is 0 Å². The predicted molar refractivity (Wildman–Crippen MR) is 90.3 cm³/mol. The van der Waals surface area contributed by atoms with E-state index in [1.165, 1.54) is 16.8 Å². The van der Waals surface area contributed by atoms with Crippen molar-refractivity contribution in [2.45, 2.75) is 13.1 Å². The Bertz CT molecular complexity index is 632. The van der Waals surface area contributed by atoms with E-state index in [4.69, 9.17) is 5.73 Å². The van der Waals surface area contributed by atoms with Crippen molar-refractivity contribution in [3.63, 3.8) is 0 Å². The maximum absolute atomic E-state index is 5.85. The van der Waals surface area contributed by atoms with E-state index in [1.807, 2.05) is 6.07 Å². The molecule has 2 aromatic carbocycles. The Hall–Kier alpha value is -0.520. The van der Waals surface area contributed by atoms with Crippen LogP contribution in [0.3, 0.4) is 0 Å². The summed E-state index contributed by atoms with van der Waals surface area (Å²) in [6.45, 7) is 1.80. The molecule has 0 aliphatic carbocycles. The maximum atomic E-state index is 5.85. The summed E-state index contributed by atoms with van der Waals surface area (Å²) < 4.78 is 3.21. The van der Waals surface area contributed by atoms with Crippen molar-refractivity contribution in [2.75, 3.05) is 10.6 Å². The second-order valence-electron chi connectivity index (χ2n) is 4.60. The van der Waals surface area contributed by atoms with Gasteiger partial charge in [0.15, 0.2) is 0 Å². The van der Waals surface area contributed by atoms with E-state index >= 15 is 0 Å². The minimum atomic E-state index is 0.828. The number of hydrogen-bond donors (Lipinski definition) is 1. The topological polar surface area (TPSA) is 29.3 Å². The number of nitrogen functional groups attached to an aromatic ring is 1. The molecule has 1 aliphatic rings. The summed E-state index contributed by atoms with van der Waals surface area (Å²) in [5.74, 6) is 0. The van der Waals surface area contributed by atoms with Gasteiger partial charge in [-0.3, -0.25) is 0 Å². The molecule has 0 radical (unpaired) electrons. The van der Waals surface area contributed by atoms with Crippen LogP contribution in [0.5, 0.6) is 0 Å². The first-order chi connectivity index (χ1) is 9.04. The molecule has 2 nitrogen and oxygen atoms in total. The summed E-state index contributed by atoms with van der Waals surface area (Å²) in [5.41, 5.74) is 10.5. The Morgan fingerprint density at radius 1 is 0.895 bits per heavy atom. The molecule has 98 valence electrons. The number of fused-ring (bicyclic) bond motifs is 1. The molecule has 0 fully saturated rings. The van der Waals surface area contributed by atoms with Crippen molar-refractivity contribution in [3.8, 4) is 0 Å². The number of rotatable bonds is 1. The van der Waals surface area contributed by atoms with Crippen molar-refractivity contribution >= 4 is 59.2 Å². The lowest BCUT2D eigenvalue weighted by atomic mass is 10.1. The third-order valence-corrected chi connectivity index (χ3v) is 4.92. The molecule has 19 heavy (non-hydrogen) atoms. The van der Waals surface area contributed by atoms with Crippen LogP contribution in [0.2, 0.25) is 0 Å². The van der Waals surface area contributed by atoms with Crippen LogP contribution >= 0.6 is 47.8 Å². The van der Waals surface area contributed by atoms with E-state index in [0.717, 1.165) is 32.2 Å². The smallest absolute Gasteiger partial charge is 0.0661 e. The minimum absolute atomic E-state index is 0.828. The fourth-order valence-electron chi connectivity index (χ4n) is 2.41. The molecule has 0 saturated carbocycles. The number of nitrogens with zero attached hydrogens (tertiary/aromatic N) is 1. The van der Waals surface area contributed by atoms with Gasteiger partial charge in [0.25, 0.3) is 0 Å².